The normalized spacial score (nSPS) is 10.5. The number of aliphatic hydroxyl groups is 1. The summed E-state index contributed by atoms with van der Waals surface area (Å²) in [6.07, 6.45) is 2.20. The molecule has 2 rings (SSSR count). The van der Waals surface area contributed by atoms with Crippen LogP contribution in [0.4, 0.5) is 0 Å². The molecule has 0 radical (unpaired) electrons. The Morgan fingerprint density at radius 1 is 1.11 bits per heavy atom. The molecule has 2 aromatic carbocycles. The van der Waals surface area contributed by atoms with Gasteiger partial charge in [-0.25, -0.2) is 0 Å². The first-order valence-corrected chi connectivity index (χ1v) is 6.77. The predicted molar refractivity (Wildman–Crippen MR) is 77.9 cm³/mol. The largest absolute Gasteiger partial charge is 0.457 e. The molecule has 2 aromatic rings. The lowest BCUT2D eigenvalue weighted by Crippen LogP contribution is -1.92. The second-order valence-corrected chi connectivity index (χ2v) is 4.84. The highest BCUT2D eigenvalue weighted by molar-refractivity contribution is 6.30. The van der Waals surface area contributed by atoms with E-state index in [-0.39, 0.29) is 6.61 Å². The van der Waals surface area contributed by atoms with Gasteiger partial charge in [-0.1, -0.05) is 43.1 Å². The van der Waals surface area contributed by atoms with E-state index >= 15 is 0 Å². The fourth-order valence-electron chi connectivity index (χ4n) is 1.89. The number of aliphatic hydroxyl groups excluding tert-OH is 1. The smallest absolute Gasteiger partial charge is 0.134 e. The van der Waals surface area contributed by atoms with E-state index in [0.29, 0.717) is 10.8 Å². The molecule has 0 atom stereocenters. The SMILES string of the molecule is CCCc1ccc(Oc2cc(Cl)ccc2CO)cc1. The van der Waals surface area contributed by atoms with Gasteiger partial charge in [-0.15, -0.1) is 0 Å². The summed E-state index contributed by atoms with van der Waals surface area (Å²) in [6.45, 7) is 2.09. The van der Waals surface area contributed by atoms with Crippen LogP contribution >= 0.6 is 11.6 Å². The Morgan fingerprint density at radius 3 is 2.47 bits per heavy atom. The Hall–Kier alpha value is -1.51. The highest BCUT2D eigenvalue weighted by Gasteiger charge is 2.05. The average molecular weight is 277 g/mol. The van der Waals surface area contributed by atoms with Crippen molar-refractivity contribution in [3.8, 4) is 11.5 Å². The van der Waals surface area contributed by atoms with E-state index in [1.165, 1.54) is 5.56 Å². The van der Waals surface area contributed by atoms with E-state index in [4.69, 9.17) is 16.3 Å². The van der Waals surface area contributed by atoms with E-state index < -0.39 is 0 Å². The lowest BCUT2D eigenvalue weighted by Gasteiger charge is -2.10. The maximum Gasteiger partial charge on any atom is 0.134 e. The van der Waals surface area contributed by atoms with E-state index in [1.807, 2.05) is 12.1 Å². The molecule has 0 aliphatic carbocycles. The fourth-order valence-corrected chi connectivity index (χ4v) is 2.06. The summed E-state index contributed by atoms with van der Waals surface area (Å²) in [6, 6.07) is 13.2. The molecular weight excluding hydrogens is 260 g/mol. The highest BCUT2D eigenvalue weighted by atomic mass is 35.5. The second-order valence-electron chi connectivity index (χ2n) is 4.41. The minimum Gasteiger partial charge on any atom is -0.457 e. The van der Waals surface area contributed by atoms with E-state index in [9.17, 15) is 5.11 Å². The predicted octanol–water partition coefficient (Wildman–Crippen LogP) is 4.58. The molecule has 1 N–H and O–H groups in total. The molecule has 0 fully saturated rings. The van der Waals surface area contributed by atoms with Crippen molar-refractivity contribution in [2.45, 2.75) is 26.4 Å². The Morgan fingerprint density at radius 2 is 1.84 bits per heavy atom. The zero-order chi connectivity index (χ0) is 13.7. The van der Waals surface area contributed by atoms with Gasteiger partial charge in [0.05, 0.1) is 6.61 Å². The molecule has 0 unspecified atom stereocenters. The summed E-state index contributed by atoms with van der Waals surface area (Å²) in [5.74, 6) is 1.34. The molecule has 0 saturated heterocycles. The number of aryl methyl sites for hydroxylation is 1. The van der Waals surface area contributed by atoms with Gasteiger partial charge in [0.2, 0.25) is 0 Å². The molecule has 0 aromatic heterocycles. The molecule has 0 aliphatic heterocycles. The first-order valence-electron chi connectivity index (χ1n) is 6.39. The molecule has 0 spiro atoms. The number of ether oxygens (including phenoxy) is 1. The molecule has 3 heteroatoms. The molecule has 0 saturated carbocycles. The van der Waals surface area contributed by atoms with Gasteiger partial charge in [0.15, 0.2) is 0 Å². The van der Waals surface area contributed by atoms with Gasteiger partial charge in [0, 0.05) is 10.6 Å². The van der Waals surface area contributed by atoms with Gasteiger partial charge in [-0.3, -0.25) is 0 Å². The van der Waals surface area contributed by atoms with E-state index in [0.717, 1.165) is 24.2 Å². The second kappa shape index (κ2) is 6.60. The summed E-state index contributed by atoms with van der Waals surface area (Å²) in [4.78, 5) is 0. The molecule has 100 valence electrons. The lowest BCUT2D eigenvalue weighted by atomic mass is 10.1. The van der Waals surface area contributed by atoms with Crippen LogP contribution in [0.25, 0.3) is 0 Å². The van der Waals surface area contributed by atoms with Crippen LogP contribution in [0.5, 0.6) is 11.5 Å². The Kier molecular flexibility index (Phi) is 4.83. The van der Waals surface area contributed by atoms with Crippen molar-refractivity contribution in [3.05, 3.63) is 58.6 Å². The third kappa shape index (κ3) is 3.72. The fraction of sp³-hybridized carbons (Fsp3) is 0.250. The zero-order valence-corrected chi connectivity index (χ0v) is 11.7. The molecule has 0 amide bonds. The maximum absolute atomic E-state index is 9.28. The maximum atomic E-state index is 9.28. The quantitative estimate of drug-likeness (QED) is 0.866. The lowest BCUT2D eigenvalue weighted by molar-refractivity contribution is 0.276. The van der Waals surface area contributed by atoms with Crippen LogP contribution in [0.1, 0.15) is 24.5 Å². The average Bonchev–Trinajstić information content (AvgIpc) is 2.42. The van der Waals surface area contributed by atoms with Crippen LogP contribution < -0.4 is 4.74 Å². The van der Waals surface area contributed by atoms with E-state index in [1.54, 1.807) is 18.2 Å². The zero-order valence-electron chi connectivity index (χ0n) is 10.9. The minimum atomic E-state index is -0.0690. The minimum absolute atomic E-state index is 0.0690. The van der Waals surface area contributed by atoms with Gasteiger partial charge in [-0.2, -0.15) is 0 Å². The van der Waals surface area contributed by atoms with Crippen molar-refractivity contribution in [1.29, 1.82) is 0 Å². The van der Waals surface area contributed by atoms with Gasteiger partial charge < -0.3 is 9.84 Å². The number of halogens is 1. The standard InChI is InChI=1S/C16H17ClO2/c1-2-3-12-4-8-15(9-5-12)19-16-10-14(17)7-6-13(16)11-18/h4-10,18H,2-3,11H2,1H3. The number of rotatable bonds is 5. The molecule has 19 heavy (non-hydrogen) atoms. The number of benzene rings is 2. The van der Waals surface area contributed by atoms with Crippen LogP contribution in [0.15, 0.2) is 42.5 Å². The van der Waals surface area contributed by atoms with Gasteiger partial charge >= 0.3 is 0 Å². The number of hydrogen-bond donors (Lipinski definition) is 1. The Balaban J connectivity index is 2.18. The van der Waals surface area contributed by atoms with Gasteiger partial charge in [0.25, 0.3) is 0 Å². The molecule has 0 heterocycles. The van der Waals surface area contributed by atoms with Crippen LogP contribution in [-0.4, -0.2) is 5.11 Å². The van der Waals surface area contributed by atoms with Crippen molar-refractivity contribution in [2.75, 3.05) is 0 Å². The highest BCUT2D eigenvalue weighted by Crippen LogP contribution is 2.28. The van der Waals surface area contributed by atoms with Crippen LogP contribution in [-0.2, 0) is 13.0 Å². The van der Waals surface area contributed by atoms with Crippen LogP contribution in [0, 0.1) is 0 Å². The molecule has 0 aliphatic rings. The van der Waals surface area contributed by atoms with Crippen molar-refractivity contribution >= 4 is 11.6 Å². The summed E-state index contributed by atoms with van der Waals surface area (Å²) in [5, 5.41) is 9.87. The first kappa shape index (κ1) is 13.9. The Bertz CT molecular complexity index is 535. The molecule has 0 bridgehead atoms. The van der Waals surface area contributed by atoms with Crippen molar-refractivity contribution in [1.82, 2.24) is 0 Å². The first-order chi connectivity index (χ1) is 9.22. The van der Waals surface area contributed by atoms with E-state index in [2.05, 4.69) is 19.1 Å². The van der Waals surface area contributed by atoms with Crippen LogP contribution in [0.3, 0.4) is 0 Å². The monoisotopic (exact) mass is 276 g/mol. The molecular formula is C16H17ClO2. The van der Waals surface area contributed by atoms with Crippen LogP contribution in [0.2, 0.25) is 5.02 Å². The topological polar surface area (TPSA) is 29.5 Å². The molecule has 2 nitrogen and oxygen atoms in total. The summed E-state index contributed by atoms with van der Waals surface area (Å²) < 4.78 is 5.77. The number of hydrogen-bond acceptors (Lipinski definition) is 2. The van der Waals surface area contributed by atoms with Crippen molar-refractivity contribution < 1.29 is 9.84 Å². The van der Waals surface area contributed by atoms with Crippen molar-refractivity contribution in [3.63, 3.8) is 0 Å². The Labute approximate surface area is 118 Å². The van der Waals surface area contributed by atoms with Gasteiger partial charge in [0.1, 0.15) is 11.5 Å². The summed E-state index contributed by atoms with van der Waals surface area (Å²) in [5.41, 5.74) is 2.02. The third-order valence-electron chi connectivity index (χ3n) is 2.89. The summed E-state index contributed by atoms with van der Waals surface area (Å²) >= 11 is 5.94. The third-order valence-corrected chi connectivity index (χ3v) is 3.12. The summed E-state index contributed by atoms with van der Waals surface area (Å²) in [7, 11) is 0. The van der Waals surface area contributed by atoms with Crippen molar-refractivity contribution in [2.24, 2.45) is 0 Å². The van der Waals surface area contributed by atoms with Gasteiger partial charge in [-0.05, 0) is 36.2 Å².